The van der Waals surface area contributed by atoms with Crippen molar-refractivity contribution in [2.75, 3.05) is 13.6 Å². The van der Waals surface area contributed by atoms with E-state index in [1.807, 2.05) is 13.8 Å². The van der Waals surface area contributed by atoms with Crippen LogP contribution in [0.25, 0.3) is 0 Å². The van der Waals surface area contributed by atoms with Crippen LogP contribution in [0.1, 0.15) is 25.8 Å². The van der Waals surface area contributed by atoms with Crippen LogP contribution in [0.4, 0.5) is 13.2 Å². The first-order valence-electron chi connectivity index (χ1n) is 6.96. The molecule has 0 saturated heterocycles. The number of alkyl halides is 3. The quantitative estimate of drug-likeness (QED) is 0.832. The second-order valence-electron chi connectivity index (χ2n) is 5.67. The number of sulfonamides is 1. The fraction of sp³-hybridized carbons (Fsp3) is 0.571. The zero-order valence-corrected chi connectivity index (χ0v) is 14.6. The number of halogens is 4. The Morgan fingerprint density at radius 1 is 1.30 bits per heavy atom. The van der Waals surface area contributed by atoms with Crippen LogP contribution < -0.4 is 5.73 Å². The summed E-state index contributed by atoms with van der Waals surface area (Å²) >= 11 is 5.75. The molecule has 1 rings (SSSR count). The highest BCUT2D eigenvalue weighted by Gasteiger charge is 2.32. The molecule has 0 saturated carbocycles. The molecule has 0 aliphatic carbocycles. The summed E-state index contributed by atoms with van der Waals surface area (Å²) in [5, 5.41) is -0.458. The number of hydrogen-bond acceptors (Lipinski definition) is 3. The lowest BCUT2D eigenvalue weighted by Gasteiger charge is -2.22. The van der Waals surface area contributed by atoms with Crippen molar-refractivity contribution in [3.8, 4) is 0 Å². The zero-order chi connectivity index (χ0) is 18.0. The maximum Gasteiger partial charge on any atom is 0.416 e. The second kappa shape index (κ2) is 7.38. The Morgan fingerprint density at radius 2 is 1.87 bits per heavy atom. The number of rotatable bonds is 6. The average molecular weight is 373 g/mol. The highest BCUT2D eigenvalue weighted by molar-refractivity contribution is 7.89. The Hall–Kier alpha value is -0.830. The van der Waals surface area contributed by atoms with Crippen molar-refractivity contribution in [3.05, 3.63) is 28.8 Å². The molecule has 0 spiro atoms. The van der Waals surface area contributed by atoms with Gasteiger partial charge < -0.3 is 5.73 Å². The van der Waals surface area contributed by atoms with Gasteiger partial charge in [0.2, 0.25) is 10.0 Å². The third-order valence-corrected chi connectivity index (χ3v) is 5.92. The van der Waals surface area contributed by atoms with E-state index in [2.05, 4.69) is 0 Å². The summed E-state index contributed by atoms with van der Waals surface area (Å²) in [4.78, 5) is -0.354. The van der Waals surface area contributed by atoms with Crippen molar-refractivity contribution in [1.29, 1.82) is 0 Å². The van der Waals surface area contributed by atoms with E-state index in [9.17, 15) is 21.6 Å². The van der Waals surface area contributed by atoms with Gasteiger partial charge in [-0.1, -0.05) is 25.4 Å². The van der Waals surface area contributed by atoms with Crippen LogP contribution >= 0.6 is 11.6 Å². The minimum absolute atomic E-state index is 0.152. The lowest BCUT2D eigenvalue weighted by molar-refractivity contribution is -0.137. The van der Waals surface area contributed by atoms with E-state index >= 15 is 0 Å². The molecule has 0 aliphatic rings. The summed E-state index contributed by atoms with van der Waals surface area (Å²) in [5.41, 5.74) is 4.88. The lowest BCUT2D eigenvalue weighted by atomic mass is 10.0. The molecule has 1 aromatic carbocycles. The number of nitrogens with two attached hydrogens (primary N) is 1. The van der Waals surface area contributed by atoms with E-state index in [-0.39, 0.29) is 23.4 Å². The van der Waals surface area contributed by atoms with Crippen molar-refractivity contribution in [2.45, 2.75) is 37.4 Å². The van der Waals surface area contributed by atoms with Gasteiger partial charge in [0.25, 0.3) is 0 Å². The summed E-state index contributed by atoms with van der Waals surface area (Å²) in [6.45, 7) is 4.00. The van der Waals surface area contributed by atoms with Gasteiger partial charge in [-0.25, -0.2) is 12.7 Å². The molecule has 0 bridgehead atoms. The normalized spacial score (nSPS) is 14.5. The van der Waals surface area contributed by atoms with Gasteiger partial charge in [0, 0.05) is 19.6 Å². The number of hydrogen-bond donors (Lipinski definition) is 1. The molecule has 0 fully saturated rings. The van der Waals surface area contributed by atoms with Crippen molar-refractivity contribution < 1.29 is 21.6 Å². The zero-order valence-electron chi connectivity index (χ0n) is 13.1. The first kappa shape index (κ1) is 20.2. The van der Waals surface area contributed by atoms with Crippen LogP contribution in [0.3, 0.4) is 0 Å². The van der Waals surface area contributed by atoms with E-state index < -0.39 is 26.8 Å². The van der Waals surface area contributed by atoms with E-state index in [1.54, 1.807) is 0 Å². The Balaban J connectivity index is 3.00. The molecular weight excluding hydrogens is 353 g/mol. The standard InChI is InChI=1S/C14H20ClF3N2O2S/c1-9(2)12(19)6-7-20(3)23(21,22)13-5-4-10(8-11(13)15)14(16,17)18/h4-5,8-9,12H,6-7,19H2,1-3H3. The van der Waals surface area contributed by atoms with Crippen LogP contribution in [-0.2, 0) is 16.2 Å². The third kappa shape index (κ3) is 5.07. The largest absolute Gasteiger partial charge is 0.416 e. The third-order valence-electron chi connectivity index (χ3n) is 3.58. The Labute approximate surface area is 139 Å². The number of benzene rings is 1. The van der Waals surface area contributed by atoms with Gasteiger partial charge in [0.15, 0.2) is 0 Å². The van der Waals surface area contributed by atoms with Crippen LogP contribution in [0.5, 0.6) is 0 Å². The molecule has 1 unspecified atom stereocenters. The molecule has 0 aliphatic heterocycles. The lowest BCUT2D eigenvalue weighted by Crippen LogP contribution is -2.34. The Morgan fingerprint density at radius 3 is 2.30 bits per heavy atom. The van der Waals surface area contributed by atoms with Gasteiger partial charge in [-0.3, -0.25) is 0 Å². The average Bonchev–Trinajstić information content (AvgIpc) is 2.42. The van der Waals surface area contributed by atoms with Crippen LogP contribution in [0.2, 0.25) is 5.02 Å². The molecule has 1 aromatic rings. The Kier molecular flexibility index (Phi) is 6.48. The molecule has 132 valence electrons. The Bertz CT molecular complexity index is 648. The van der Waals surface area contributed by atoms with Crippen LogP contribution in [-0.4, -0.2) is 32.4 Å². The van der Waals surface area contributed by atoms with Crippen molar-refractivity contribution >= 4 is 21.6 Å². The highest BCUT2D eigenvalue weighted by atomic mass is 35.5. The van der Waals surface area contributed by atoms with E-state index in [0.717, 1.165) is 10.4 Å². The predicted octanol–water partition coefficient (Wildman–Crippen LogP) is 3.35. The van der Waals surface area contributed by atoms with Gasteiger partial charge in [0.05, 0.1) is 10.6 Å². The highest BCUT2D eigenvalue weighted by Crippen LogP contribution is 2.34. The first-order chi connectivity index (χ1) is 10.4. The van der Waals surface area contributed by atoms with E-state index in [1.165, 1.54) is 7.05 Å². The van der Waals surface area contributed by atoms with Crippen LogP contribution in [0.15, 0.2) is 23.1 Å². The molecule has 2 N–H and O–H groups in total. The van der Waals surface area contributed by atoms with Gasteiger partial charge in [-0.15, -0.1) is 0 Å². The van der Waals surface area contributed by atoms with E-state index in [0.29, 0.717) is 18.6 Å². The molecule has 0 radical (unpaired) electrons. The molecule has 0 amide bonds. The molecular formula is C14H20ClF3N2O2S. The number of nitrogens with zero attached hydrogens (tertiary/aromatic N) is 1. The van der Waals surface area contributed by atoms with E-state index in [4.69, 9.17) is 17.3 Å². The van der Waals surface area contributed by atoms with Crippen molar-refractivity contribution in [3.63, 3.8) is 0 Å². The maximum atomic E-state index is 12.6. The minimum atomic E-state index is -4.58. The van der Waals surface area contributed by atoms with Gasteiger partial charge in [-0.2, -0.15) is 13.2 Å². The summed E-state index contributed by atoms with van der Waals surface area (Å²) in [6.07, 6.45) is -4.15. The predicted molar refractivity (Wildman–Crippen MR) is 83.7 cm³/mol. The van der Waals surface area contributed by atoms with Gasteiger partial charge in [0.1, 0.15) is 4.90 Å². The molecule has 9 heteroatoms. The molecule has 23 heavy (non-hydrogen) atoms. The van der Waals surface area contributed by atoms with Crippen molar-refractivity contribution in [2.24, 2.45) is 11.7 Å². The molecule has 4 nitrogen and oxygen atoms in total. The monoisotopic (exact) mass is 372 g/mol. The fourth-order valence-corrected chi connectivity index (χ4v) is 3.54. The summed E-state index contributed by atoms with van der Waals surface area (Å²) in [6, 6.07) is 2.02. The fourth-order valence-electron chi connectivity index (χ4n) is 1.84. The molecule has 0 aromatic heterocycles. The maximum absolute atomic E-state index is 12.6. The van der Waals surface area contributed by atoms with Gasteiger partial charge in [-0.05, 0) is 30.5 Å². The first-order valence-corrected chi connectivity index (χ1v) is 8.78. The second-order valence-corrected chi connectivity index (χ2v) is 8.09. The summed E-state index contributed by atoms with van der Waals surface area (Å²) in [5.74, 6) is 0.195. The summed E-state index contributed by atoms with van der Waals surface area (Å²) < 4.78 is 63.7. The SMILES string of the molecule is CC(C)C(N)CCN(C)S(=O)(=O)c1ccc(C(F)(F)F)cc1Cl. The topological polar surface area (TPSA) is 63.4 Å². The smallest absolute Gasteiger partial charge is 0.327 e. The van der Waals surface area contributed by atoms with Crippen LogP contribution in [0, 0.1) is 5.92 Å². The molecule has 0 heterocycles. The van der Waals surface area contributed by atoms with Gasteiger partial charge >= 0.3 is 6.18 Å². The molecule has 1 atom stereocenters. The summed E-state index contributed by atoms with van der Waals surface area (Å²) in [7, 11) is -2.63. The minimum Gasteiger partial charge on any atom is -0.327 e. The van der Waals surface area contributed by atoms with Crippen molar-refractivity contribution in [1.82, 2.24) is 4.31 Å².